The number of rotatable bonds is 6. The van der Waals surface area contributed by atoms with E-state index in [1.807, 2.05) is 11.4 Å². The van der Waals surface area contributed by atoms with E-state index in [0.717, 1.165) is 25.7 Å². The van der Waals surface area contributed by atoms with Crippen LogP contribution in [0.3, 0.4) is 0 Å². The Hall–Kier alpha value is -2.84. The Balaban J connectivity index is 0.00000267. The number of nitriles is 1. The zero-order valence-corrected chi connectivity index (χ0v) is 21.3. The lowest BCUT2D eigenvalue weighted by Gasteiger charge is -2.40. The minimum absolute atomic E-state index is 0. The molecule has 0 aromatic heterocycles. The van der Waals surface area contributed by atoms with Crippen molar-refractivity contribution >= 4 is 23.6 Å². The molecule has 2 aliphatic heterocycles. The van der Waals surface area contributed by atoms with Gasteiger partial charge in [-0.25, -0.2) is 0 Å². The smallest absolute Gasteiger partial charge is 0.350 e. The number of alkyl halides is 3. The number of nitrogens with zero attached hydrogens (tertiary/aromatic N) is 2. The van der Waals surface area contributed by atoms with Crippen LogP contribution in [0.25, 0.3) is 0 Å². The second-order valence-electron chi connectivity index (χ2n) is 12.2. The van der Waals surface area contributed by atoms with Crippen molar-refractivity contribution in [1.29, 1.82) is 5.26 Å². The molecule has 0 unspecified atom stereocenters. The Morgan fingerprint density at radius 1 is 1.16 bits per heavy atom. The van der Waals surface area contributed by atoms with Gasteiger partial charge in [-0.05, 0) is 62.2 Å². The van der Waals surface area contributed by atoms with Gasteiger partial charge in [-0.1, -0.05) is 20.8 Å². The Kier molecular flexibility index (Phi) is 6.97. The van der Waals surface area contributed by atoms with E-state index in [1.54, 1.807) is 0 Å². The Morgan fingerprint density at radius 3 is 2.38 bits per heavy atom. The van der Waals surface area contributed by atoms with Gasteiger partial charge in [-0.15, -0.1) is 0 Å². The number of halogens is 3. The molecule has 2 aliphatic carbocycles. The number of hydrogen-bond acceptors (Lipinski definition) is 5. The van der Waals surface area contributed by atoms with Crippen LogP contribution in [0.2, 0.25) is 0 Å². The van der Waals surface area contributed by atoms with E-state index in [4.69, 9.17) is 0 Å². The summed E-state index contributed by atoms with van der Waals surface area (Å²) < 4.78 is 38.9. The van der Waals surface area contributed by atoms with Gasteiger partial charge in [0.05, 0.1) is 6.07 Å². The van der Waals surface area contributed by atoms with E-state index in [0.29, 0.717) is 12.8 Å². The lowest BCUT2D eigenvalue weighted by Crippen LogP contribution is -2.62. The highest BCUT2D eigenvalue weighted by Gasteiger charge is 2.53. The van der Waals surface area contributed by atoms with Gasteiger partial charge in [-0.2, -0.15) is 18.4 Å². The minimum Gasteiger partial charge on any atom is -0.350 e. The molecular formula is C25H38F3N5O4. The summed E-state index contributed by atoms with van der Waals surface area (Å²) in [6.45, 7) is 4.81. The van der Waals surface area contributed by atoms with E-state index in [1.165, 1.54) is 25.7 Å². The molecule has 4 amide bonds. The number of carbonyl (C=O) groups is 4. The number of piperidine rings is 2. The first-order valence-electron chi connectivity index (χ1n) is 12.8. The fraction of sp³-hybridized carbons (Fsp3) is 0.800. The molecule has 0 aromatic carbocycles. The zero-order chi connectivity index (χ0) is 27.3. The molecule has 37 heavy (non-hydrogen) atoms. The first-order valence-corrected chi connectivity index (χ1v) is 12.8. The summed E-state index contributed by atoms with van der Waals surface area (Å²) in [5.74, 6) is -3.71. The van der Waals surface area contributed by atoms with Crippen molar-refractivity contribution in [3.05, 3.63) is 0 Å². The van der Waals surface area contributed by atoms with Crippen molar-refractivity contribution < 1.29 is 35.2 Å². The second kappa shape index (κ2) is 9.48. The second-order valence-corrected chi connectivity index (χ2v) is 12.2. The summed E-state index contributed by atoms with van der Waals surface area (Å²) in [5.41, 5.74) is -1.14. The fourth-order valence-electron chi connectivity index (χ4n) is 5.59. The van der Waals surface area contributed by atoms with E-state index >= 15 is 0 Å². The average molecular weight is 530 g/mol. The largest absolute Gasteiger partial charge is 0.471 e. The van der Waals surface area contributed by atoms with Crippen LogP contribution in [0, 0.1) is 34.5 Å². The maximum Gasteiger partial charge on any atom is 0.471 e. The Morgan fingerprint density at radius 2 is 1.84 bits per heavy atom. The first-order chi connectivity index (χ1) is 17.1. The van der Waals surface area contributed by atoms with Crippen LogP contribution < -0.4 is 16.0 Å². The molecule has 1 spiro atoms. The lowest BCUT2D eigenvalue weighted by molar-refractivity contribution is -0.176. The highest BCUT2D eigenvalue weighted by Crippen LogP contribution is 2.48. The maximum atomic E-state index is 13.5. The van der Waals surface area contributed by atoms with E-state index in [-0.39, 0.29) is 39.1 Å². The monoisotopic (exact) mass is 529 g/mol. The molecule has 2 saturated heterocycles. The maximum absolute atomic E-state index is 13.5. The molecule has 208 valence electrons. The number of likely N-dealkylation sites (tertiary alicyclic amines) is 1. The van der Waals surface area contributed by atoms with Crippen molar-refractivity contribution in [1.82, 2.24) is 20.9 Å². The van der Waals surface area contributed by atoms with Gasteiger partial charge in [0.15, 0.2) is 0 Å². The third kappa shape index (κ3) is 6.02. The fourth-order valence-corrected chi connectivity index (χ4v) is 5.59. The highest BCUT2D eigenvalue weighted by atomic mass is 19.4. The van der Waals surface area contributed by atoms with Gasteiger partial charge >= 0.3 is 12.1 Å². The predicted octanol–water partition coefficient (Wildman–Crippen LogP) is 2.27. The molecular weight excluding hydrogens is 491 g/mol. The summed E-state index contributed by atoms with van der Waals surface area (Å²) in [6.07, 6.45) is -0.513. The van der Waals surface area contributed by atoms with Crippen molar-refractivity contribution in [2.75, 3.05) is 6.54 Å². The number of amides is 4. The SMILES string of the molecule is CC(C)(C)[C@H](NC(=O)C(F)(F)F)C(=O)N1C[C@@H]2C[C@@H]2C[C@H]1C(=O)N[C@H](C#N)C[C@@H]1CCC2(CC2)NC1=O.[HH].[HH]. The van der Waals surface area contributed by atoms with Gasteiger partial charge in [0, 0.05) is 20.9 Å². The molecule has 4 rings (SSSR count). The molecule has 0 aromatic rings. The molecule has 2 saturated carbocycles. The van der Waals surface area contributed by atoms with Gasteiger partial charge in [0.25, 0.3) is 0 Å². The summed E-state index contributed by atoms with van der Waals surface area (Å²) in [6, 6.07) is -1.39. The predicted molar refractivity (Wildman–Crippen MR) is 128 cm³/mol. The van der Waals surface area contributed by atoms with Crippen LogP contribution >= 0.6 is 0 Å². The van der Waals surface area contributed by atoms with Crippen LogP contribution in [-0.4, -0.2) is 64.9 Å². The van der Waals surface area contributed by atoms with Crippen LogP contribution in [0.4, 0.5) is 13.2 Å². The zero-order valence-electron chi connectivity index (χ0n) is 21.3. The molecule has 12 heteroatoms. The Bertz CT molecular complexity index is 1020. The third-order valence-corrected chi connectivity index (χ3v) is 8.21. The lowest BCUT2D eigenvalue weighted by atomic mass is 9.84. The van der Waals surface area contributed by atoms with Crippen molar-refractivity contribution in [3.8, 4) is 6.07 Å². The van der Waals surface area contributed by atoms with E-state index in [9.17, 15) is 37.6 Å². The van der Waals surface area contributed by atoms with Crippen LogP contribution in [0.1, 0.15) is 68.6 Å². The number of fused-ring (bicyclic) bond motifs is 1. The van der Waals surface area contributed by atoms with Crippen LogP contribution in [0.5, 0.6) is 0 Å². The van der Waals surface area contributed by atoms with Gasteiger partial charge in [0.1, 0.15) is 18.1 Å². The summed E-state index contributed by atoms with van der Waals surface area (Å²) in [5, 5.41) is 17.2. The normalized spacial score (nSPS) is 29.8. The number of hydrogen-bond donors (Lipinski definition) is 3. The van der Waals surface area contributed by atoms with Gasteiger partial charge in [-0.3, -0.25) is 19.2 Å². The van der Waals surface area contributed by atoms with Crippen LogP contribution in [-0.2, 0) is 19.2 Å². The number of nitrogens with one attached hydrogen (secondary N) is 3. The summed E-state index contributed by atoms with van der Waals surface area (Å²) >= 11 is 0. The summed E-state index contributed by atoms with van der Waals surface area (Å²) in [7, 11) is 0. The van der Waals surface area contributed by atoms with Crippen molar-refractivity contribution in [3.63, 3.8) is 0 Å². The quantitative estimate of drug-likeness (QED) is 0.486. The molecule has 0 bridgehead atoms. The summed E-state index contributed by atoms with van der Waals surface area (Å²) in [4.78, 5) is 52.3. The van der Waals surface area contributed by atoms with E-state index in [2.05, 4.69) is 10.6 Å². The molecule has 2 heterocycles. The topological polar surface area (TPSA) is 131 Å². The molecule has 0 radical (unpaired) electrons. The average Bonchev–Trinajstić information content (AvgIpc) is 3.72. The molecule has 9 nitrogen and oxygen atoms in total. The standard InChI is InChI=1S/C25H34F3N5O4.2H2/c1-23(2,3)18(31-22(37)25(26,27)28)21(36)33-12-15-8-14(15)10-17(33)20(35)30-16(11-29)9-13-4-5-24(6-7-24)32-19(13)34;;/h13-18H,4-10,12H2,1-3H3,(H,30,35)(H,31,37)(H,32,34);2*1H/t13-,14+,15-,16-,17-,18+;;/m0../s1. The van der Waals surface area contributed by atoms with Crippen molar-refractivity contribution in [2.45, 2.75) is 95.6 Å². The molecule has 4 aliphatic rings. The van der Waals surface area contributed by atoms with Gasteiger partial charge in [0.2, 0.25) is 17.7 Å². The third-order valence-electron chi connectivity index (χ3n) is 8.21. The molecule has 6 atom stereocenters. The minimum atomic E-state index is -5.16. The first kappa shape index (κ1) is 27.2. The highest BCUT2D eigenvalue weighted by molar-refractivity contribution is 5.94. The molecule has 4 fully saturated rings. The van der Waals surface area contributed by atoms with E-state index < -0.39 is 53.4 Å². The van der Waals surface area contributed by atoms with Gasteiger partial charge < -0.3 is 20.9 Å². The molecule has 3 N–H and O–H groups in total. The Labute approximate surface area is 216 Å². The number of carbonyl (C=O) groups excluding carboxylic acids is 4. The van der Waals surface area contributed by atoms with Crippen molar-refractivity contribution in [2.24, 2.45) is 23.2 Å². The van der Waals surface area contributed by atoms with Crippen LogP contribution in [0.15, 0.2) is 0 Å².